The van der Waals surface area contributed by atoms with Crippen molar-refractivity contribution in [2.45, 2.75) is 36.4 Å². The zero-order valence-electron chi connectivity index (χ0n) is 12.7. The lowest BCUT2D eigenvalue weighted by Crippen LogP contribution is -2.16. The molecular weight excluding hydrogens is 361 g/mol. The molecule has 1 unspecified atom stereocenters. The molecule has 2 aromatic heterocycles. The van der Waals surface area contributed by atoms with Crippen molar-refractivity contribution >= 4 is 10.0 Å². The number of aromatic nitrogens is 5. The van der Waals surface area contributed by atoms with Gasteiger partial charge in [-0.2, -0.15) is 17.9 Å². The highest BCUT2D eigenvalue weighted by atomic mass is 32.2. The first kappa shape index (κ1) is 17.5. The van der Waals surface area contributed by atoms with E-state index < -0.39 is 27.0 Å². The van der Waals surface area contributed by atoms with Gasteiger partial charge in [0.1, 0.15) is 5.82 Å². The first-order valence-electron chi connectivity index (χ1n) is 7.24. The number of hydrogen-bond donors (Lipinski definition) is 1. The van der Waals surface area contributed by atoms with Crippen molar-refractivity contribution in [3.05, 3.63) is 35.9 Å². The van der Waals surface area contributed by atoms with Gasteiger partial charge in [0.2, 0.25) is 0 Å². The summed E-state index contributed by atoms with van der Waals surface area (Å²) in [5, 5.41) is 15.0. The maximum Gasteiger partial charge on any atom is 0.453 e. The van der Waals surface area contributed by atoms with Gasteiger partial charge < -0.3 is 0 Å². The van der Waals surface area contributed by atoms with Gasteiger partial charge in [-0.25, -0.2) is 18.5 Å². The summed E-state index contributed by atoms with van der Waals surface area (Å²) in [6.07, 6.45) is 1.21. The number of halogens is 3. The average Bonchev–Trinajstić information content (AvgIpc) is 3.00. The van der Waals surface area contributed by atoms with Crippen LogP contribution in [0.25, 0.3) is 5.82 Å². The van der Waals surface area contributed by atoms with E-state index in [2.05, 4.69) is 20.3 Å². The Morgan fingerprint density at radius 2 is 2.00 bits per heavy atom. The van der Waals surface area contributed by atoms with E-state index in [-0.39, 0.29) is 17.6 Å². The Morgan fingerprint density at radius 1 is 1.24 bits per heavy atom. The van der Waals surface area contributed by atoms with Crippen molar-refractivity contribution in [2.75, 3.05) is 0 Å². The Hall–Kier alpha value is -2.34. The molecule has 12 heteroatoms. The largest absolute Gasteiger partial charge is 0.453 e. The van der Waals surface area contributed by atoms with E-state index >= 15 is 0 Å². The van der Waals surface area contributed by atoms with Gasteiger partial charge in [0.15, 0.2) is 10.8 Å². The lowest BCUT2D eigenvalue weighted by molar-refractivity contribution is -0.144. The molecule has 0 saturated carbocycles. The highest BCUT2D eigenvalue weighted by molar-refractivity contribution is 7.89. The number of rotatable bonds is 3. The molecular formula is C13H13F3N6O2S. The first-order chi connectivity index (χ1) is 11.7. The predicted octanol–water partition coefficient (Wildman–Crippen LogP) is 1.55. The Labute approximate surface area is 140 Å². The molecule has 0 bridgehead atoms. The molecule has 0 aromatic carbocycles. The van der Waals surface area contributed by atoms with Crippen LogP contribution in [0.3, 0.4) is 0 Å². The minimum Gasteiger partial charge on any atom is -0.223 e. The molecule has 3 rings (SSSR count). The van der Waals surface area contributed by atoms with Crippen LogP contribution in [0.1, 0.15) is 36.8 Å². The second kappa shape index (κ2) is 6.19. The zero-order chi connectivity index (χ0) is 18.2. The molecule has 0 spiro atoms. The SMILES string of the molecule is NS(=O)(=O)c1ccc(-n2nc(C(F)(F)F)nc2C2C=CCCC2)nn1. The van der Waals surface area contributed by atoms with Gasteiger partial charge in [-0.3, -0.25) is 0 Å². The molecule has 134 valence electrons. The summed E-state index contributed by atoms with van der Waals surface area (Å²) in [4.78, 5) is 3.62. The Balaban J connectivity index is 2.09. The fraction of sp³-hybridized carbons (Fsp3) is 0.385. The lowest BCUT2D eigenvalue weighted by atomic mass is 9.95. The minimum absolute atomic E-state index is 0.0703. The summed E-state index contributed by atoms with van der Waals surface area (Å²) in [6.45, 7) is 0. The molecule has 2 aromatic rings. The monoisotopic (exact) mass is 374 g/mol. The third-order valence-electron chi connectivity index (χ3n) is 3.61. The van der Waals surface area contributed by atoms with Crippen LogP contribution in [0.15, 0.2) is 29.3 Å². The molecule has 0 aliphatic heterocycles. The van der Waals surface area contributed by atoms with Crippen LogP contribution >= 0.6 is 0 Å². The second-order valence-electron chi connectivity index (χ2n) is 5.44. The van der Waals surface area contributed by atoms with E-state index in [1.807, 2.05) is 6.08 Å². The van der Waals surface area contributed by atoms with Gasteiger partial charge in [0.25, 0.3) is 15.8 Å². The fourth-order valence-corrected chi connectivity index (χ4v) is 2.87. The van der Waals surface area contributed by atoms with Crippen LogP contribution in [0.5, 0.6) is 0 Å². The van der Waals surface area contributed by atoms with E-state index in [0.717, 1.165) is 23.6 Å². The van der Waals surface area contributed by atoms with E-state index in [4.69, 9.17) is 5.14 Å². The molecule has 2 N–H and O–H groups in total. The zero-order valence-corrected chi connectivity index (χ0v) is 13.5. The summed E-state index contributed by atoms with van der Waals surface area (Å²) >= 11 is 0. The van der Waals surface area contributed by atoms with Crippen molar-refractivity contribution < 1.29 is 21.6 Å². The summed E-state index contributed by atoms with van der Waals surface area (Å²) in [5.74, 6) is -1.65. The topological polar surface area (TPSA) is 117 Å². The van der Waals surface area contributed by atoms with Crippen molar-refractivity contribution in [1.29, 1.82) is 0 Å². The van der Waals surface area contributed by atoms with Crippen LogP contribution in [-0.4, -0.2) is 33.4 Å². The molecule has 0 saturated heterocycles. The number of hydrogen-bond acceptors (Lipinski definition) is 6. The van der Waals surface area contributed by atoms with Gasteiger partial charge in [0.05, 0.1) is 0 Å². The van der Waals surface area contributed by atoms with Crippen LogP contribution in [0, 0.1) is 0 Å². The average molecular weight is 374 g/mol. The maximum absolute atomic E-state index is 13.0. The minimum atomic E-state index is -4.72. The molecule has 1 aliphatic carbocycles. The molecule has 2 heterocycles. The third kappa shape index (κ3) is 3.69. The van der Waals surface area contributed by atoms with Crippen molar-refractivity contribution in [3.63, 3.8) is 0 Å². The Kier molecular flexibility index (Phi) is 4.33. The van der Waals surface area contributed by atoms with Gasteiger partial charge in [-0.05, 0) is 31.4 Å². The number of nitrogens with zero attached hydrogens (tertiary/aromatic N) is 5. The predicted molar refractivity (Wildman–Crippen MR) is 79.1 cm³/mol. The summed E-state index contributed by atoms with van der Waals surface area (Å²) in [7, 11) is -4.06. The van der Waals surface area contributed by atoms with Crippen LogP contribution in [0.2, 0.25) is 0 Å². The maximum atomic E-state index is 13.0. The van der Waals surface area contributed by atoms with Crippen molar-refractivity contribution in [3.8, 4) is 5.82 Å². The van der Waals surface area contributed by atoms with Crippen molar-refractivity contribution in [1.82, 2.24) is 25.0 Å². The first-order valence-corrected chi connectivity index (χ1v) is 8.78. The Bertz CT molecular complexity index is 905. The summed E-state index contributed by atoms with van der Waals surface area (Å²) in [5.41, 5.74) is 0. The van der Waals surface area contributed by atoms with Crippen LogP contribution in [-0.2, 0) is 16.2 Å². The molecule has 8 nitrogen and oxygen atoms in total. The molecule has 25 heavy (non-hydrogen) atoms. The third-order valence-corrected chi connectivity index (χ3v) is 4.41. The number of allylic oxidation sites excluding steroid dienone is 2. The quantitative estimate of drug-likeness (QED) is 0.815. The highest BCUT2D eigenvalue weighted by Gasteiger charge is 2.38. The van der Waals surface area contributed by atoms with E-state index in [1.165, 1.54) is 6.07 Å². The fourth-order valence-electron chi connectivity index (χ4n) is 2.46. The second-order valence-corrected chi connectivity index (χ2v) is 6.95. The number of nitrogens with two attached hydrogens (primary N) is 1. The highest BCUT2D eigenvalue weighted by Crippen LogP contribution is 2.32. The van der Waals surface area contributed by atoms with E-state index in [0.29, 0.717) is 6.42 Å². The number of alkyl halides is 3. The molecule has 1 aliphatic rings. The van der Waals surface area contributed by atoms with Crippen molar-refractivity contribution in [2.24, 2.45) is 5.14 Å². The molecule has 1 atom stereocenters. The number of sulfonamides is 1. The summed E-state index contributed by atoms with van der Waals surface area (Å²) < 4.78 is 62.3. The normalized spacial score (nSPS) is 18.5. The molecule has 0 fully saturated rings. The van der Waals surface area contributed by atoms with Gasteiger partial charge >= 0.3 is 6.18 Å². The van der Waals surface area contributed by atoms with Gasteiger partial charge in [-0.15, -0.1) is 15.3 Å². The molecule has 0 amide bonds. The Morgan fingerprint density at radius 3 is 2.52 bits per heavy atom. The van der Waals surface area contributed by atoms with Crippen LogP contribution in [0.4, 0.5) is 13.2 Å². The number of primary sulfonamides is 1. The van der Waals surface area contributed by atoms with E-state index in [1.54, 1.807) is 6.08 Å². The van der Waals surface area contributed by atoms with E-state index in [9.17, 15) is 21.6 Å². The van der Waals surface area contributed by atoms with Gasteiger partial charge in [0, 0.05) is 5.92 Å². The summed E-state index contributed by atoms with van der Waals surface area (Å²) in [6, 6.07) is 2.23. The molecule has 0 radical (unpaired) electrons. The smallest absolute Gasteiger partial charge is 0.223 e. The standard InChI is InChI=1S/C13H13F3N6O2S/c14-13(15,16)12-18-11(8-4-2-1-3-5-8)22(21-12)9-6-7-10(20-19-9)25(17,23)24/h2,4,6-8H,1,3,5H2,(H2,17,23,24). The van der Waals surface area contributed by atoms with Gasteiger partial charge in [-0.1, -0.05) is 12.2 Å². The lowest BCUT2D eigenvalue weighted by Gasteiger charge is -2.15. The van der Waals surface area contributed by atoms with Crippen LogP contribution < -0.4 is 5.14 Å².